The van der Waals surface area contributed by atoms with Crippen LogP contribution in [0.4, 0.5) is 0 Å². The number of piperidine rings is 1. The first-order valence-corrected chi connectivity index (χ1v) is 6.72. The predicted molar refractivity (Wildman–Crippen MR) is 70.2 cm³/mol. The van der Waals surface area contributed by atoms with Crippen LogP contribution in [0.2, 0.25) is 0 Å². The highest BCUT2D eigenvalue weighted by Crippen LogP contribution is 2.11. The van der Waals surface area contributed by atoms with Gasteiger partial charge < -0.3 is 19.9 Å². The maximum Gasteiger partial charge on any atom is 0.256 e. The Bertz CT molecular complexity index is 405. The van der Waals surface area contributed by atoms with E-state index in [1.54, 1.807) is 13.8 Å². The van der Waals surface area contributed by atoms with E-state index in [1.165, 1.54) is 0 Å². The van der Waals surface area contributed by atoms with Crippen molar-refractivity contribution in [3.8, 4) is 0 Å². The molecule has 1 aromatic heterocycles. The average molecular weight is 267 g/mol. The van der Waals surface area contributed by atoms with E-state index < -0.39 is 0 Å². The highest BCUT2D eigenvalue weighted by Gasteiger charge is 2.17. The van der Waals surface area contributed by atoms with Crippen molar-refractivity contribution in [3.05, 3.63) is 17.0 Å². The molecule has 1 aromatic rings. The molecular weight excluding hydrogens is 246 g/mol. The van der Waals surface area contributed by atoms with E-state index in [4.69, 9.17) is 9.26 Å². The van der Waals surface area contributed by atoms with Crippen LogP contribution in [0, 0.1) is 13.8 Å². The van der Waals surface area contributed by atoms with Gasteiger partial charge >= 0.3 is 0 Å². The van der Waals surface area contributed by atoms with E-state index in [1.807, 2.05) is 0 Å². The van der Waals surface area contributed by atoms with Crippen LogP contribution in [0.1, 0.15) is 34.7 Å². The van der Waals surface area contributed by atoms with Crippen molar-refractivity contribution < 1.29 is 14.1 Å². The van der Waals surface area contributed by atoms with Gasteiger partial charge in [0.05, 0.1) is 18.4 Å². The summed E-state index contributed by atoms with van der Waals surface area (Å²) in [5.41, 5.74) is 1.15. The second-order valence-corrected chi connectivity index (χ2v) is 4.78. The lowest BCUT2D eigenvalue weighted by Crippen LogP contribution is -2.35. The summed E-state index contributed by atoms with van der Waals surface area (Å²) in [5, 5.41) is 9.88. The van der Waals surface area contributed by atoms with Gasteiger partial charge in [-0.05, 0) is 39.8 Å². The van der Waals surface area contributed by atoms with E-state index in [-0.39, 0.29) is 5.91 Å². The Labute approximate surface area is 112 Å². The summed E-state index contributed by atoms with van der Waals surface area (Å²) in [4.78, 5) is 11.9. The molecule has 19 heavy (non-hydrogen) atoms. The Balaban J connectivity index is 1.69. The lowest BCUT2D eigenvalue weighted by atomic mass is 10.1. The van der Waals surface area contributed by atoms with Crippen molar-refractivity contribution in [2.24, 2.45) is 0 Å². The molecule has 0 atom stereocenters. The van der Waals surface area contributed by atoms with Gasteiger partial charge in [0.1, 0.15) is 11.3 Å². The molecule has 1 aliphatic heterocycles. The maximum absolute atomic E-state index is 11.9. The molecule has 2 heterocycles. The Morgan fingerprint density at radius 3 is 2.84 bits per heavy atom. The van der Waals surface area contributed by atoms with Crippen molar-refractivity contribution in [1.29, 1.82) is 0 Å². The number of aryl methyl sites for hydroxylation is 2. The SMILES string of the molecule is Cc1noc(C)c1C(=O)NCCOC1CCNCC1. The number of carbonyl (C=O) groups excluding carboxylic acids is 1. The zero-order chi connectivity index (χ0) is 13.7. The van der Waals surface area contributed by atoms with Crippen molar-refractivity contribution in [2.75, 3.05) is 26.2 Å². The van der Waals surface area contributed by atoms with Crippen LogP contribution in [-0.2, 0) is 4.74 Å². The lowest BCUT2D eigenvalue weighted by Gasteiger charge is -2.22. The van der Waals surface area contributed by atoms with Crippen molar-refractivity contribution in [3.63, 3.8) is 0 Å². The Morgan fingerprint density at radius 1 is 1.47 bits per heavy atom. The molecule has 0 aliphatic carbocycles. The molecule has 106 valence electrons. The minimum absolute atomic E-state index is 0.148. The molecule has 6 nitrogen and oxygen atoms in total. The zero-order valence-electron chi connectivity index (χ0n) is 11.5. The second-order valence-electron chi connectivity index (χ2n) is 4.78. The molecule has 1 aliphatic rings. The van der Waals surface area contributed by atoms with Crippen LogP contribution in [0.15, 0.2) is 4.52 Å². The van der Waals surface area contributed by atoms with Gasteiger partial charge in [0.15, 0.2) is 0 Å². The Morgan fingerprint density at radius 2 is 2.21 bits per heavy atom. The fourth-order valence-electron chi connectivity index (χ4n) is 2.25. The van der Waals surface area contributed by atoms with Crippen molar-refractivity contribution in [2.45, 2.75) is 32.8 Å². The number of rotatable bonds is 5. The quantitative estimate of drug-likeness (QED) is 0.771. The molecule has 0 saturated carbocycles. The third-order valence-electron chi connectivity index (χ3n) is 3.29. The van der Waals surface area contributed by atoms with E-state index in [0.29, 0.717) is 36.3 Å². The molecule has 1 amide bonds. The topological polar surface area (TPSA) is 76.4 Å². The molecule has 0 unspecified atom stereocenters. The van der Waals surface area contributed by atoms with Gasteiger partial charge in [0.2, 0.25) is 0 Å². The fraction of sp³-hybridized carbons (Fsp3) is 0.692. The molecule has 0 spiro atoms. The summed E-state index contributed by atoms with van der Waals surface area (Å²) < 4.78 is 10.7. The monoisotopic (exact) mass is 267 g/mol. The number of hydrogen-bond donors (Lipinski definition) is 2. The summed E-state index contributed by atoms with van der Waals surface area (Å²) >= 11 is 0. The van der Waals surface area contributed by atoms with Gasteiger partial charge in [-0.1, -0.05) is 5.16 Å². The molecule has 1 fully saturated rings. The van der Waals surface area contributed by atoms with Gasteiger partial charge in [0.25, 0.3) is 5.91 Å². The summed E-state index contributed by atoms with van der Waals surface area (Å²) in [5.74, 6) is 0.402. The van der Waals surface area contributed by atoms with E-state index in [9.17, 15) is 4.79 Å². The van der Waals surface area contributed by atoms with Gasteiger partial charge in [-0.15, -0.1) is 0 Å². The van der Waals surface area contributed by atoms with Crippen LogP contribution in [0.5, 0.6) is 0 Å². The maximum atomic E-state index is 11.9. The number of ether oxygens (including phenoxy) is 1. The largest absolute Gasteiger partial charge is 0.376 e. The van der Waals surface area contributed by atoms with Gasteiger partial charge in [-0.2, -0.15) is 0 Å². The van der Waals surface area contributed by atoms with E-state index in [2.05, 4.69) is 15.8 Å². The predicted octanol–water partition coefficient (Wildman–Crippen LogP) is 0.790. The molecule has 6 heteroatoms. The third-order valence-corrected chi connectivity index (χ3v) is 3.29. The Kier molecular flexibility index (Phi) is 4.93. The van der Waals surface area contributed by atoms with Crippen molar-refractivity contribution >= 4 is 5.91 Å². The van der Waals surface area contributed by atoms with Crippen LogP contribution in [0.3, 0.4) is 0 Å². The second kappa shape index (κ2) is 6.68. The molecule has 2 rings (SSSR count). The number of carbonyl (C=O) groups is 1. The first-order chi connectivity index (χ1) is 9.18. The summed E-state index contributed by atoms with van der Waals surface area (Å²) in [7, 11) is 0. The van der Waals surface area contributed by atoms with Crippen LogP contribution in [0.25, 0.3) is 0 Å². The summed E-state index contributed by atoms with van der Waals surface area (Å²) in [6.45, 7) is 6.57. The van der Waals surface area contributed by atoms with E-state index >= 15 is 0 Å². The molecule has 2 N–H and O–H groups in total. The number of aromatic nitrogens is 1. The summed E-state index contributed by atoms with van der Waals surface area (Å²) in [6, 6.07) is 0. The third kappa shape index (κ3) is 3.78. The number of nitrogens with zero attached hydrogens (tertiary/aromatic N) is 1. The summed E-state index contributed by atoms with van der Waals surface area (Å²) in [6.07, 6.45) is 2.40. The number of nitrogens with one attached hydrogen (secondary N) is 2. The Hall–Kier alpha value is -1.40. The lowest BCUT2D eigenvalue weighted by molar-refractivity contribution is 0.0343. The van der Waals surface area contributed by atoms with Gasteiger partial charge in [0, 0.05) is 6.54 Å². The van der Waals surface area contributed by atoms with Crippen LogP contribution >= 0.6 is 0 Å². The van der Waals surface area contributed by atoms with Crippen LogP contribution in [-0.4, -0.2) is 43.4 Å². The highest BCUT2D eigenvalue weighted by atomic mass is 16.5. The molecule has 0 bridgehead atoms. The standard InChI is InChI=1S/C13H21N3O3/c1-9-12(10(2)19-16-9)13(17)15-7-8-18-11-3-5-14-6-4-11/h11,14H,3-8H2,1-2H3,(H,15,17). The number of hydrogen-bond acceptors (Lipinski definition) is 5. The van der Waals surface area contributed by atoms with Crippen LogP contribution < -0.4 is 10.6 Å². The van der Waals surface area contributed by atoms with E-state index in [0.717, 1.165) is 25.9 Å². The minimum atomic E-state index is -0.148. The normalized spacial score (nSPS) is 16.5. The van der Waals surface area contributed by atoms with Crippen molar-refractivity contribution in [1.82, 2.24) is 15.8 Å². The first kappa shape index (κ1) is 14.0. The molecule has 0 radical (unpaired) electrons. The smallest absolute Gasteiger partial charge is 0.256 e. The minimum Gasteiger partial charge on any atom is -0.376 e. The number of amides is 1. The molecule has 0 aromatic carbocycles. The average Bonchev–Trinajstić information content (AvgIpc) is 2.75. The molecule has 1 saturated heterocycles. The molecular formula is C13H21N3O3. The zero-order valence-corrected chi connectivity index (χ0v) is 11.5. The fourth-order valence-corrected chi connectivity index (χ4v) is 2.25. The first-order valence-electron chi connectivity index (χ1n) is 6.72. The van der Waals surface area contributed by atoms with Gasteiger partial charge in [-0.25, -0.2) is 0 Å². The van der Waals surface area contributed by atoms with Gasteiger partial charge in [-0.3, -0.25) is 4.79 Å². The highest BCUT2D eigenvalue weighted by molar-refractivity contribution is 5.96.